The number of benzene rings is 3. The van der Waals surface area contributed by atoms with Gasteiger partial charge in [0.25, 0.3) is 11.5 Å². The van der Waals surface area contributed by atoms with Crippen LogP contribution in [0.1, 0.15) is 58.2 Å². The van der Waals surface area contributed by atoms with Gasteiger partial charge in [0.15, 0.2) is 11.9 Å². The Labute approximate surface area is 365 Å². The topological polar surface area (TPSA) is 395 Å². The van der Waals surface area contributed by atoms with Crippen molar-refractivity contribution < 1.29 is 75.4 Å². The Balaban J connectivity index is 0.987. The summed E-state index contributed by atoms with van der Waals surface area (Å²) in [7, 11) is -16.9. The van der Waals surface area contributed by atoms with Gasteiger partial charge >= 0.3 is 29.4 Å². The minimum Gasteiger partial charge on any atom is -0.478 e. The third-order valence-electron chi connectivity index (χ3n) is 9.74. The van der Waals surface area contributed by atoms with Crippen LogP contribution < -0.4 is 27.7 Å². The second-order valence-electron chi connectivity index (χ2n) is 14.5. The summed E-state index contributed by atoms with van der Waals surface area (Å²) in [6, 6.07) is 14.1. The Kier molecular flexibility index (Phi) is 13.3. The van der Waals surface area contributed by atoms with E-state index in [9.17, 15) is 48.1 Å². The van der Waals surface area contributed by atoms with Crippen LogP contribution in [-0.4, -0.2) is 81.6 Å². The molecule has 13 N–H and O–H groups in total. The number of nitrogens with two attached hydrogens (primary N) is 2. The predicted octanol–water partition coefficient (Wildman–Crippen LogP) is 3.53. The van der Waals surface area contributed by atoms with E-state index >= 15 is 0 Å². The number of ether oxygens (including phenoxy) is 1. The van der Waals surface area contributed by atoms with Crippen LogP contribution in [0, 0.1) is 17.3 Å². The maximum absolute atomic E-state index is 13.2. The van der Waals surface area contributed by atoms with E-state index in [1.54, 1.807) is 36.4 Å². The summed E-state index contributed by atoms with van der Waals surface area (Å²) in [6.45, 7) is -0.624. The summed E-state index contributed by atoms with van der Waals surface area (Å²) in [4.78, 5) is 81.9. The van der Waals surface area contributed by atoms with Gasteiger partial charge in [-0.3, -0.25) is 19.1 Å². The van der Waals surface area contributed by atoms with E-state index in [1.807, 2.05) is 0 Å². The first-order chi connectivity index (χ1) is 30.6. The molecule has 1 aliphatic carbocycles. The number of nitrogens with one attached hydrogen (secondary N) is 3. The molecule has 1 fully saturated rings. The molecule has 4 aromatic rings. The molecule has 7 rings (SSSR count). The van der Waals surface area contributed by atoms with Gasteiger partial charge in [-0.25, -0.2) is 18.5 Å². The zero-order valence-corrected chi connectivity index (χ0v) is 36.0. The number of phosphoric acid groups is 3. The maximum atomic E-state index is 13.2. The van der Waals surface area contributed by atoms with E-state index in [0.29, 0.717) is 58.4 Å². The standard InChI is InChI=1S/C38H38N7O17P3/c39-21-7-10-25-29(14-21)60-30-15-22(40)8-11-26(30)32(25)24-9-6-19(13-27(24)37(49)50)34(47)42-12-4-2-1-3-5-20-17-45(33-31(20)35(48)44-38(41)43-33)36-28(46)16-23(59-36)18-58-64(54,55)62-65(56,57)61-63(51,52)53/h6-11,13-15,17,23,28,36,39,46H,1-2,4,12,16,18,40H2,(H,42,47)(H,49,50)(H,54,55)(H,56,57)(H2,51,52,53)(H3,41,43,44,48). The molecule has 65 heavy (non-hydrogen) atoms. The second-order valence-corrected chi connectivity index (χ2v) is 18.9. The number of carbonyl (C=O) groups excluding carboxylic acids is 1. The number of aromatic amines is 1. The molecule has 27 heteroatoms. The van der Waals surface area contributed by atoms with E-state index in [0.717, 1.165) is 0 Å². The number of hydrogen-bond donors (Lipinski definition) is 11. The molecule has 0 spiro atoms. The number of aromatic carboxylic acids is 1. The summed E-state index contributed by atoms with van der Waals surface area (Å²) in [5.74, 6) is 4.13. The zero-order valence-electron chi connectivity index (χ0n) is 33.3. The second kappa shape index (κ2) is 18.5. The molecule has 1 saturated heterocycles. The van der Waals surface area contributed by atoms with Crippen molar-refractivity contribution in [3.8, 4) is 34.3 Å². The Morgan fingerprint density at radius 3 is 2.49 bits per heavy atom. The Morgan fingerprint density at radius 1 is 1.00 bits per heavy atom. The smallest absolute Gasteiger partial charge is 0.478 e. The molecule has 342 valence electrons. The van der Waals surface area contributed by atoms with Crippen molar-refractivity contribution in [1.29, 1.82) is 5.41 Å². The fourth-order valence-electron chi connectivity index (χ4n) is 7.11. The summed E-state index contributed by atoms with van der Waals surface area (Å²) in [5.41, 5.74) is 13.5. The third-order valence-corrected chi connectivity index (χ3v) is 13.5. The molecule has 0 radical (unpaired) electrons. The number of unbranched alkanes of at least 4 members (excludes halogenated alkanes) is 2. The van der Waals surface area contributed by atoms with Gasteiger partial charge in [-0.05, 0) is 54.8 Å². The molecule has 0 bridgehead atoms. The average Bonchev–Trinajstić information content (AvgIpc) is 3.76. The van der Waals surface area contributed by atoms with Gasteiger partial charge in [-0.2, -0.15) is 13.6 Å². The number of nitrogen functional groups attached to an aromatic ring is 2. The minimum atomic E-state index is -5.77. The summed E-state index contributed by atoms with van der Waals surface area (Å²) >= 11 is 0. The largest absolute Gasteiger partial charge is 0.490 e. The van der Waals surface area contributed by atoms with Crippen molar-refractivity contribution in [2.24, 2.45) is 0 Å². The van der Waals surface area contributed by atoms with Crippen LogP contribution in [0.4, 0.5) is 11.6 Å². The highest BCUT2D eigenvalue weighted by Crippen LogP contribution is 2.66. The summed E-state index contributed by atoms with van der Waals surface area (Å²) < 4.78 is 59.8. The molecular formula is C38H38N7O17P3. The van der Waals surface area contributed by atoms with Crippen LogP contribution in [0.25, 0.3) is 44.5 Å². The number of aliphatic hydroxyl groups is 1. The van der Waals surface area contributed by atoms with Crippen LogP contribution >= 0.6 is 23.5 Å². The molecule has 5 atom stereocenters. The number of carboxylic acid groups (broad SMARTS) is 1. The quantitative estimate of drug-likeness (QED) is 0.0230. The molecule has 2 aromatic heterocycles. The zero-order chi connectivity index (χ0) is 47.0. The maximum Gasteiger partial charge on any atom is 0.490 e. The molecule has 3 aliphatic rings. The lowest BCUT2D eigenvalue weighted by Gasteiger charge is -2.19. The van der Waals surface area contributed by atoms with Crippen LogP contribution in [0.15, 0.2) is 70.0 Å². The normalized spacial score (nSPS) is 18.3. The van der Waals surface area contributed by atoms with E-state index in [4.69, 9.17) is 35.8 Å². The highest BCUT2D eigenvalue weighted by atomic mass is 31.3. The SMILES string of the molecule is N=c1ccc2c(-c3ccc(C(=O)NCCCCC#Cc4cn(C5OC(COP(=O)(O)OP(=O)(O)OP(=O)(O)O)CC5O)c5nc(N)[nH]c(=O)c45)cc3C(=O)O)c3ccc(N)cc3oc-2c1. The molecule has 1 amide bonds. The first-order valence-electron chi connectivity index (χ1n) is 19.1. The van der Waals surface area contributed by atoms with Gasteiger partial charge in [0.2, 0.25) is 5.95 Å². The van der Waals surface area contributed by atoms with Crippen LogP contribution in [0.5, 0.6) is 0 Å². The molecule has 24 nitrogen and oxygen atoms in total. The predicted molar refractivity (Wildman–Crippen MR) is 228 cm³/mol. The van der Waals surface area contributed by atoms with Crippen LogP contribution in [0.2, 0.25) is 0 Å². The van der Waals surface area contributed by atoms with Crippen molar-refractivity contribution in [3.63, 3.8) is 0 Å². The van der Waals surface area contributed by atoms with Crippen molar-refractivity contribution >= 4 is 69.0 Å². The first-order valence-corrected chi connectivity index (χ1v) is 23.6. The number of amides is 1. The number of aromatic nitrogens is 3. The van der Waals surface area contributed by atoms with Crippen LogP contribution in [0.3, 0.4) is 0 Å². The molecule has 2 aliphatic heterocycles. The number of hydrogen-bond acceptors (Lipinski definition) is 16. The number of nitrogens with zero attached hydrogens (tertiary/aromatic N) is 2. The highest BCUT2D eigenvalue weighted by Gasteiger charge is 2.43. The number of aliphatic hydroxyl groups excluding tert-OH is 1. The number of phosphoric ester groups is 1. The van der Waals surface area contributed by atoms with Gasteiger partial charge in [-0.15, -0.1) is 0 Å². The molecular weight excluding hydrogens is 919 g/mol. The molecule has 0 saturated carbocycles. The van der Waals surface area contributed by atoms with E-state index in [-0.39, 0.29) is 52.0 Å². The van der Waals surface area contributed by atoms with Crippen LogP contribution in [-0.2, 0) is 31.6 Å². The van der Waals surface area contributed by atoms with Gasteiger partial charge < -0.3 is 65.7 Å². The Morgan fingerprint density at radius 2 is 1.75 bits per heavy atom. The van der Waals surface area contributed by atoms with Gasteiger partial charge in [0.1, 0.15) is 17.4 Å². The first kappa shape index (κ1) is 47.0. The Bertz CT molecular complexity index is 3170. The van der Waals surface area contributed by atoms with Crippen molar-refractivity contribution in [2.45, 2.75) is 44.1 Å². The average molecular weight is 958 g/mol. The lowest BCUT2D eigenvalue weighted by atomic mass is 9.89. The number of carbonyl (C=O) groups is 2. The number of carboxylic acids is 1. The van der Waals surface area contributed by atoms with Crippen molar-refractivity contribution in [1.82, 2.24) is 19.9 Å². The van der Waals surface area contributed by atoms with E-state index in [2.05, 4.69) is 40.3 Å². The fourth-order valence-corrected chi connectivity index (χ4v) is 10.2. The summed E-state index contributed by atoms with van der Waals surface area (Å²) in [5, 5.41) is 32.7. The lowest BCUT2D eigenvalue weighted by molar-refractivity contribution is -0.0478. The minimum absolute atomic E-state index is 0.00596. The van der Waals surface area contributed by atoms with Gasteiger partial charge in [-0.1, -0.05) is 17.9 Å². The number of fused-ring (bicyclic) bond motifs is 3. The molecule has 2 aromatic carbocycles. The van der Waals surface area contributed by atoms with Gasteiger partial charge in [0.05, 0.1) is 34.6 Å². The number of H-pyrrole nitrogens is 1. The number of rotatable bonds is 15. The van der Waals surface area contributed by atoms with Crippen molar-refractivity contribution in [3.05, 3.63) is 93.2 Å². The monoisotopic (exact) mass is 957 g/mol. The van der Waals surface area contributed by atoms with E-state index in [1.165, 1.54) is 29.0 Å². The third kappa shape index (κ3) is 10.9. The number of anilines is 2. The van der Waals surface area contributed by atoms with Gasteiger partial charge in [0, 0.05) is 65.5 Å². The van der Waals surface area contributed by atoms with Crippen molar-refractivity contribution in [2.75, 3.05) is 24.6 Å². The lowest BCUT2D eigenvalue weighted by Crippen LogP contribution is -2.24. The summed E-state index contributed by atoms with van der Waals surface area (Å²) in [6.07, 6.45) is -1.43. The molecule has 4 heterocycles. The van der Waals surface area contributed by atoms with E-state index < -0.39 is 65.9 Å². The Hall–Kier alpha value is -6.02. The highest BCUT2D eigenvalue weighted by molar-refractivity contribution is 7.66. The molecule has 5 unspecified atom stereocenters. The fraction of sp³-hybridized carbons (Fsp3) is 0.237.